The third kappa shape index (κ3) is 6.43. The van der Waals surface area contributed by atoms with E-state index < -0.39 is 18.2 Å². The first-order valence-electron chi connectivity index (χ1n) is 12.0. The van der Waals surface area contributed by atoms with E-state index in [1.807, 2.05) is 78.2 Å². The molecule has 2 heterocycles. The van der Waals surface area contributed by atoms with E-state index in [2.05, 4.69) is 15.6 Å². The highest BCUT2D eigenvalue weighted by Crippen LogP contribution is 2.29. The number of likely N-dealkylation sites (tertiary alicyclic amines) is 1. The number of β-amino-alcohol motifs (C(OH)–C–C–N with tert-alkyl or cyclic N) is 1. The highest BCUT2D eigenvalue weighted by atomic mass is 32.1. The summed E-state index contributed by atoms with van der Waals surface area (Å²) in [5.41, 5.74) is 4.60. The molecule has 1 saturated heterocycles. The van der Waals surface area contributed by atoms with Gasteiger partial charge in [0.25, 0.3) is 0 Å². The number of hydrogen-bond donors (Lipinski definition) is 3. The van der Waals surface area contributed by atoms with Crippen LogP contribution in [-0.2, 0) is 9.59 Å². The lowest BCUT2D eigenvalue weighted by atomic mass is 9.86. The van der Waals surface area contributed by atoms with Crippen LogP contribution in [0.1, 0.15) is 65.3 Å². The van der Waals surface area contributed by atoms with Crippen LogP contribution in [0, 0.1) is 12.3 Å². The van der Waals surface area contributed by atoms with E-state index in [4.69, 9.17) is 0 Å². The third-order valence-corrected chi connectivity index (χ3v) is 7.02. The number of hydrogen-bond acceptors (Lipinski definition) is 6. The van der Waals surface area contributed by atoms with Crippen LogP contribution in [0.2, 0.25) is 0 Å². The molecule has 3 N–H and O–H groups in total. The predicted molar refractivity (Wildman–Crippen MR) is 139 cm³/mol. The zero-order valence-electron chi connectivity index (χ0n) is 21.7. The van der Waals surface area contributed by atoms with Crippen molar-refractivity contribution in [2.24, 2.45) is 5.41 Å². The van der Waals surface area contributed by atoms with Crippen LogP contribution in [0.15, 0.2) is 29.8 Å². The highest BCUT2D eigenvalue weighted by Gasteiger charge is 2.43. The fraction of sp³-hybridized carbons (Fsp3) is 0.577. The molecule has 2 aromatic rings. The van der Waals surface area contributed by atoms with E-state index in [1.165, 1.54) is 4.90 Å². The molecule has 4 atom stereocenters. The summed E-state index contributed by atoms with van der Waals surface area (Å²) in [7, 11) is 1.74. The van der Waals surface area contributed by atoms with Crippen LogP contribution in [0.25, 0.3) is 10.4 Å². The van der Waals surface area contributed by atoms with Gasteiger partial charge in [-0.2, -0.15) is 0 Å². The molecule has 1 aromatic heterocycles. The number of rotatable bonds is 6. The van der Waals surface area contributed by atoms with Gasteiger partial charge in [0.1, 0.15) is 6.04 Å². The second kappa shape index (κ2) is 11.9. The van der Waals surface area contributed by atoms with Gasteiger partial charge in [0.05, 0.1) is 34.3 Å². The zero-order valence-corrected chi connectivity index (χ0v) is 22.5. The first-order chi connectivity index (χ1) is 16.0. The van der Waals surface area contributed by atoms with Gasteiger partial charge >= 0.3 is 0 Å². The van der Waals surface area contributed by atoms with Gasteiger partial charge in [-0.1, -0.05) is 58.9 Å². The molecule has 1 aliphatic heterocycles. The van der Waals surface area contributed by atoms with E-state index in [1.54, 1.807) is 18.4 Å². The molecule has 0 spiro atoms. The van der Waals surface area contributed by atoms with Gasteiger partial charge < -0.3 is 20.6 Å². The maximum Gasteiger partial charge on any atom is 0.243 e. The topological polar surface area (TPSA) is 94.6 Å². The van der Waals surface area contributed by atoms with Crippen LogP contribution in [-0.4, -0.2) is 58.6 Å². The van der Waals surface area contributed by atoms with Crippen molar-refractivity contribution >= 4 is 23.2 Å². The molecule has 0 saturated carbocycles. The van der Waals surface area contributed by atoms with E-state index >= 15 is 0 Å². The number of amides is 2. The molecule has 188 valence electrons. The van der Waals surface area contributed by atoms with Crippen molar-refractivity contribution in [2.75, 3.05) is 13.6 Å². The quantitative estimate of drug-likeness (QED) is 0.573. The van der Waals surface area contributed by atoms with Gasteiger partial charge in [-0.05, 0) is 37.4 Å². The molecule has 1 unspecified atom stereocenters. The summed E-state index contributed by atoms with van der Waals surface area (Å²) in [4.78, 5) is 33.3. The van der Waals surface area contributed by atoms with Crippen molar-refractivity contribution < 1.29 is 14.7 Å². The van der Waals surface area contributed by atoms with Gasteiger partial charge in [0.2, 0.25) is 11.8 Å². The van der Waals surface area contributed by atoms with E-state index in [-0.39, 0.29) is 36.2 Å². The smallest absolute Gasteiger partial charge is 0.243 e. The fourth-order valence-corrected chi connectivity index (χ4v) is 5.11. The number of nitrogens with zero attached hydrogens (tertiary/aromatic N) is 2. The number of nitrogens with one attached hydrogen (secondary N) is 2. The summed E-state index contributed by atoms with van der Waals surface area (Å²) in [6.45, 7) is 14.0. The Labute approximate surface area is 208 Å². The van der Waals surface area contributed by atoms with Crippen molar-refractivity contribution in [3.63, 3.8) is 0 Å². The van der Waals surface area contributed by atoms with Crippen LogP contribution in [0.4, 0.5) is 0 Å². The summed E-state index contributed by atoms with van der Waals surface area (Å²) in [6.07, 6.45) is -0.460. The maximum atomic E-state index is 13.2. The SMILES string of the molecule is CC.CN[C@H](C(=O)N1C[C@H](O)C[C@H]1C(=O)NC(C)c1ccc(-c2scnc2C)cc1)C(C)(C)C. The number of aromatic nitrogens is 1. The minimum Gasteiger partial charge on any atom is -0.391 e. The van der Waals surface area contributed by atoms with Gasteiger partial charge in [-0.25, -0.2) is 4.98 Å². The average Bonchev–Trinajstić information content (AvgIpc) is 3.40. The molecular formula is C26H40N4O3S. The second-order valence-corrected chi connectivity index (χ2v) is 10.5. The van der Waals surface area contributed by atoms with E-state index in [0.29, 0.717) is 0 Å². The molecule has 2 amide bonds. The van der Waals surface area contributed by atoms with E-state index in [0.717, 1.165) is 21.7 Å². The molecule has 1 aromatic carbocycles. The Morgan fingerprint density at radius 2 is 1.82 bits per heavy atom. The Hall–Kier alpha value is -2.29. The summed E-state index contributed by atoms with van der Waals surface area (Å²) < 4.78 is 0. The second-order valence-electron chi connectivity index (χ2n) is 9.60. The standard InChI is InChI=1S/C24H34N4O3S.C2H6/c1-14(16-7-9-17(10-8-16)20-15(2)26-13-32-20)27-22(30)19-11-18(29)12-28(19)23(31)21(25-6)24(3,4)5;1-2/h7-10,13-14,18-19,21,25,29H,11-12H2,1-6H3,(H,27,30);1-2H3/t14?,18-,19+,21-;/m1./s1. The Kier molecular flexibility index (Phi) is 9.79. The number of aliphatic hydroxyl groups excluding tert-OH is 1. The normalized spacial score (nSPS) is 19.7. The minimum atomic E-state index is -0.704. The first kappa shape index (κ1) is 28.0. The van der Waals surface area contributed by atoms with Crippen molar-refractivity contribution in [1.82, 2.24) is 20.5 Å². The van der Waals surface area contributed by atoms with Gasteiger partial charge in [-0.3, -0.25) is 9.59 Å². The Morgan fingerprint density at radius 1 is 1.21 bits per heavy atom. The molecule has 7 nitrogen and oxygen atoms in total. The number of aryl methyl sites for hydroxylation is 1. The Morgan fingerprint density at radius 3 is 2.32 bits per heavy atom. The number of carbonyl (C=O) groups is 2. The largest absolute Gasteiger partial charge is 0.391 e. The third-order valence-electron chi connectivity index (χ3n) is 6.04. The summed E-state index contributed by atoms with van der Waals surface area (Å²) in [6, 6.07) is 6.73. The Bertz CT molecular complexity index is 952. The van der Waals surface area contributed by atoms with Gasteiger partial charge in [0.15, 0.2) is 0 Å². The molecule has 34 heavy (non-hydrogen) atoms. The lowest BCUT2D eigenvalue weighted by Gasteiger charge is -2.34. The summed E-state index contributed by atoms with van der Waals surface area (Å²) in [5, 5.41) is 16.3. The van der Waals surface area contributed by atoms with Crippen molar-refractivity contribution in [2.45, 2.75) is 79.1 Å². The van der Waals surface area contributed by atoms with Crippen LogP contribution >= 0.6 is 11.3 Å². The monoisotopic (exact) mass is 488 g/mol. The van der Waals surface area contributed by atoms with E-state index in [9.17, 15) is 14.7 Å². The number of aliphatic hydroxyl groups is 1. The first-order valence-corrected chi connectivity index (χ1v) is 12.9. The lowest BCUT2D eigenvalue weighted by Crippen LogP contribution is -2.56. The summed E-state index contributed by atoms with van der Waals surface area (Å²) in [5.74, 6) is -0.401. The van der Waals surface area contributed by atoms with Crippen molar-refractivity contribution in [3.05, 3.63) is 41.0 Å². The molecule has 1 fully saturated rings. The average molecular weight is 489 g/mol. The molecule has 3 rings (SSSR count). The molecule has 0 radical (unpaired) electrons. The molecule has 0 bridgehead atoms. The molecule has 1 aliphatic rings. The highest BCUT2D eigenvalue weighted by molar-refractivity contribution is 7.13. The minimum absolute atomic E-state index is 0.159. The van der Waals surface area contributed by atoms with Gasteiger partial charge in [-0.15, -0.1) is 11.3 Å². The van der Waals surface area contributed by atoms with Crippen LogP contribution < -0.4 is 10.6 Å². The predicted octanol–water partition coefficient (Wildman–Crippen LogP) is 3.92. The van der Waals surface area contributed by atoms with Crippen molar-refractivity contribution in [3.8, 4) is 10.4 Å². The maximum absolute atomic E-state index is 13.2. The number of benzene rings is 1. The van der Waals surface area contributed by atoms with Crippen LogP contribution in [0.5, 0.6) is 0 Å². The molecule has 0 aliphatic carbocycles. The molecule has 8 heteroatoms. The molecular weight excluding hydrogens is 448 g/mol. The van der Waals surface area contributed by atoms with Crippen molar-refractivity contribution in [1.29, 1.82) is 0 Å². The number of likely N-dealkylation sites (N-methyl/N-ethyl adjacent to an activating group) is 1. The number of carbonyl (C=O) groups excluding carboxylic acids is 2. The fourth-order valence-electron chi connectivity index (χ4n) is 4.29. The number of thiazole rings is 1. The zero-order chi connectivity index (χ0) is 25.6. The summed E-state index contributed by atoms with van der Waals surface area (Å²) >= 11 is 1.61. The lowest BCUT2D eigenvalue weighted by molar-refractivity contribution is -0.142. The van der Waals surface area contributed by atoms with Gasteiger partial charge in [0, 0.05) is 13.0 Å². The van der Waals surface area contributed by atoms with Crippen LogP contribution in [0.3, 0.4) is 0 Å². The Balaban J connectivity index is 0.00000199.